The first-order chi connectivity index (χ1) is 13.9. The average Bonchev–Trinajstić information content (AvgIpc) is 2.95. The Hall–Kier alpha value is -3.81. The largest absolute Gasteiger partial charge is 0.484 e. The van der Waals surface area contributed by atoms with E-state index in [4.69, 9.17) is 4.74 Å². The molecule has 3 aromatic rings. The molecule has 1 amide bonds. The topological polar surface area (TPSA) is 91.6 Å². The van der Waals surface area contributed by atoms with Gasteiger partial charge in [0.05, 0.1) is 24.1 Å². The number of rotatable bonds is 6. The Morgan fingerprint density at radius 2 is 1.79 bits per heavy atom. The first-order valence-corrected chi connectivity index (χ1v) is 8.87. The van der Waals surface area contributed by atoms with Gasteiger partial charge in [-0.15, -0.1) is 0 Å². The van der Waals surface area contributed by atoms with Gasteiger partial charge in [-0.25, -0.2) is 9.48 Å². The Morgan fingerprint density at radius 1 is 1.07 bits per heavy atom. The fourth-order valence-electron chi connectivity index (χ4n) is 2.87. The van der Waals surface area contributed by atoms with Crippen LogP contribution in [0.2, 0.25) is 0 Å². The molecule has 150 valence electrons. The Kier molecular flexibility index (Phi) is 5.82. The molecule has 8 heteroatoms. The lowest BCUT2D eigenvalue weighted by molar-refractivity contribution is -0.118. The molecule has 0 atom stereocenters. The molecule has 0 unspecified atom stereocenters. The van der Waals surface area contributed by atoms with E-state index in [0.717, 1.165) is 0 Å². The molecule has 0 spiro atoms. The van der Waals surface area contributed by atoms with Crippen LogP contribution in [-0.4, -0.2) is 35.0 Å². The lowest BCUT2D eigenvalue weighted by atomic mass is 10.2. The van der Waals surface area contributed by atoms with E-state index in [1.54, 1.807) is 36.9 Å². The number of benzene rings is 2. The second kappa shape index (κ2) is 8.47. The smallest absolute Gasteiger partial charge is 0.337 e. The summed E-state index contributed by atoms with van der Waals surface area (Å²) in [7, 11) is 3.03. The first kappa shape index (κ1) is 19.9. The third kappa shape index (κ3) is 4.21. The van der Waals surface area contributed by atoms with Crippen molar-refractivity contribution in [3.63, 3.8) is 0 Å². The van der Waals surface area contributed by atoms with Gasteiger partial charge < -0.3 is 14.8 Å². The van der Waals surface area contributed by atoms with Gasteiger partial charge in [0.2, 0.25) is 0 Å². The zero-order chi connectivity index (χ0) is 21.0. The Labute approximate surface area is 167 Å². The van der Waals surface area contributed by atoms with E-state index >= 15 is 0 Å². The van der Waals surface area contributed by atoms with E-state index in [1.165, 1.54) is 17.9 Å². The molecule has 0 aliphatic carbocycles. The zero-order valence-corrected chi connectivity index (χ0v) is 16.3. The highest BCUT2D eigenvalue weighted by Gasteiger charge is 2.18. The van der Waals surface area contributed by atoms with Crippen molar-refractivity contribution in [2.75, 3.05) is 19.0 Å². The normalized spacial score (nSPS) is 10.4. The number of ether oxygens (including phenoxy) is 2. The van der Waals surface area contributed by atoms with Gasteiger partial charge in [-0.1, -0.05) is 24.3 Å². The molecule has 0 aliphatic rings. The quantitative estimate of drug-likeness (QED) is 0.647. The van der Waals surface area contributed by atoms with Crippen molar-refractivity contribution in [3.8, 4) is 11.4 Å². The monoisotopic (exact) mass is 395 g/mol. The third-order valence-electron chi connectivity index (χ3n) is 4.44. The van der Waals surface area contributed by atoms with Gasteiger partial charge in [-0.05, 0) is 37.3 Å². The molecule has 3 rings (SSSR count). The molecule has 1 aromatic heterocycles. The minimum Gasteiger partial charge on any atom is -0.484 e. The summed E-state index contributed by atoms with van der Waals surface area (Å²) in [5, 5.41) is 2.62. The first-order valence-electron chi connectivity index (χ1n) is 8.87. The summed E-state index contributed by atoms with van der Waals surface area (Å²) < 4.78 is 13.3. The lowest BCUT2D eigenvalue weighted by Crippen LogP contribution is -2.25. The number of aromatic nitrogens is 2. The van der Waals surface area contributed by atoms with Crippen molar-refractivity contribution in [1.82, 2.24) is 9.36 Å². The van der Waals surface area contributed by atoms with Crippen LogP contribution >= 0.6 is 0 Å². The van der Waals surface area contributed by atoms with Crippen molar-refractivity contribution < 1.29 is 19.1 Å². The van der Waals surface area contributed by atoms with Crippen LogP contribution in [0, 0.1) is 6.92 Å². The van der Waals surface area contributed by atoms with E-state index in [-0.39, 0.29) is 17.9 Å². The van der Waals surface area contributed by atoms with E-state index in [2.05, 4.69) is 10.1 Å². The van der Waals surface area contributed by atoms with Crippen LogP contribution < -0.4 is 15.6 Å². The van der Waals surface area contributed by atoms with Crippen LogP contribution in [0.4, 0.5) is 5.69 Å². The van der Waals surface area contributed by atoms with Crippen LogP contribution in [0.25, 0.3) is 5.69 Å². The molecule has 0 aliphatic heterocycles. The van der Waals surface area contributed by atoms with Gasteiger partial charge in [0, 0.05) is 7.05 Å². The maximum atomic E-state index is 12.8. The fraction of sp³-hybridized carbons (Fsp3) is 0.190. The van der Waals surface area contributed by atoms with Crippen molar-refractivity contribution in [2.24, 2.45) is 7.05 Å². The number of carbonyl (C=O) groups excluding carboxylic acids is 2. The van der Waals surface area contributed by atoms with Crippen molar-refractivity contribution in [2.45, 2.75) is 6.92 Å². The average molecular weight is 395 g/mol. The van der Waals surface area contributed by atoms with Gasteiger partial charge in [0.15, 0.2) is 6.61 Å². The summed E-state index contributed by atoms with van der Waals surface area (Å²) in [6, 6.07) is 15.5. The summed E-state index contributed by atoms with van der Waals surface area (Å²) in [6.07, 6.45) is 0. The standard InChI is InChI=1S/C21H21N3O5/c1-14-19(20(26)24(23(14)2)16-9-5-4-6-10-16)22-18(25)13-29-17-11-7-8-15(12-17)21(27)28-3/h4-12H,13H2,1-3H3,(H,22,25). The van der Waals surface area contributed by atoms with Gasteiger partial charge >= 0.3 is 5.97 Å². The van der Waals surface area contributed by atoms with Crippen LogP contribution in [0.5, 0.6) is 5.75 Å². The van der Waals surface area contributed by atoms with Crippen LogP contribution in [0.1, 0.15) is 16.1 Å². The highest BCUT2D eigenvalue weighted by atomic mass is 16.5. The number of amides is 1. The second-order valence-electron chi connectivity index (χ2n) is 6.29. The maximum absolute atomic E-state index is 12.8. The number of methoxy groups -OCH3 is 1. The van der Waals surface area contributed by atoms with Crippen LogP contribution in [-0.2, 0) is 16.6 Å². The molecule has 2 aromatic carbocycles. The zero-order valence-electron chi connectivity index (χ0n) is 16.3. The number of hydrogen-bond donors (Lipinski definition) is 1. The molecule has 1 heterocycles. The van der Waals surface area contributed by atoms with Crippen LogP contribution in [0.15, 0.2) is 59.4 Å². The second-order valence-corrected chi connectivity index (χ2v) is 6.29. The Morgan fingerprint density at radius 3 is 2.48 bits per heavy atom. The van der Waals surface area contributed by atoms with E-state index in [9.17, 15) is 14.4 Å². The van der Waals surface area contributed by atoms with E-state index < -0.39 is 11.9 Å². The van der Waals surface area contributed by atoms with Gasteiger partial charge in [0.25, 0.3) is 11.5 Å². The van der Waals surface area contributed by atoms with E-state index in [0.29, 0.717) is 22.7 Å². The molecule has 0 bridgehead atoms. The predicted octanol–water partition coefficient (Wildman–Crippen LogP) is 2.29. The number of hydrogen-bond acceptors (Lipinski definition) is 5. The lowest BCUT2D eigenvalue weighted by Gasteiger charge is -2.08. The van der Waals surface area contributed by atoms with Gasteiger partial charge in [-0.3, -0.25) is 14.3 Å². The summed E-state index contributed by atoms with van der Waals surface area (Å²) in [6.45, 7) is 1.43. The van der Waals surface area contributed by atoms with E-state index in [1.807, 2.05) is 30.3 Å². The molecule has 1 N–H and O–H groups in total. The van der Waals surface area contributed by atoms with Gasteiger partial charge in [-0.2, -0.15) is 0 Å². The van der Waals surface area contributed by atoms with Crippen molar-refractivity contribution in [1.29, 1.82) is 0 Å². The van der Waals surface area contributed by atoms with Crippen molar-refractivity contribution >= 4 is 17.6 Å². The molecule has 0 saturated carbocycles. The molecule has 0 radical (unpaired) electrons. The summed E-state index contributed by atoms with van der Waals surface area (Å²) in [5.41, 5.74) is 1.47. The summed E-state index contributed by atoms with van der Waals surface area (Å²) in [5.74, 6) is -0.643. The fourth-order valence-corrected chi connectivity index (χ4v) is 2.87. The number of carbonyl (C=O) groups is 2. The highest BCUT2D eigenvalue weighted by Crippen LogP contribution is 2.16. The minimum absolute atomic E-state index is 0.188. The molecule has 8 nitrogen and oxygen atoms in total. The third-order valence-corrected chi connectivity index (χ3v) is 4.44. The summed E-state index contributed by atoms with van der Waals surface area (Å²) in [4.78, 5) is 36.7. The summed E-state index contributed by atoms with van der Waals surface area (Å²) >= 11 is 0. The number of para-hydroxylation sites is 1. The Balaban J connectivity index is 1.74. The maximum Gasteiger partial charge on any atom is 0.337 e. The Bertz CT molecular complexity index is 1100. The number of esters is 1. The van der Waals surface area contributed by atoms with Gasteiger partial charge in [0.1, 0.15) is 11.4 Å². The minimum atomic E-state index is -0.499. The SMILES string of the molecule is COC(=O)c1cccc(OCC(=O)Nc2c(C)n(C)n(-c3ccccc3)c2=O)c1. The number of nitrogens with zero attached hydrogens (tertiary/aromatic N) is 2. The highest BCUT2D eigenvalue weighted by molar-refractivity contribution is 5.92. The molecule has 0 fully saturated rings. The van der Waals surface area contributed by atoms with Crippen LogP contribution in [0.3, 0.4) is 0 Å². The molecular weight excluding hydrogens is 374 g/mol. The predicted molar refractivity (Wildman–Crippen MR) is 108 cm³/mol. The number of anilines is 1. The number of nitrogens with one attached hydrogen (secondary N) is 1. The molecule has 29 heavy (non-hydrogen) atoms. The molecule has 0 saturated heterocycles. The molecular formula is C21H21N3O5. The van der Waals surface area contributed by atoms with Crippen molar-refractivity contribution in [3.05, 3.63) is 76.2 Å².